The molecule has 0 spiro atoms. The molecule has 1 fully saturated rings. The first-order valence-electron chi connectivity index (χ1n) is 11.2. The molecule has 2 heterocycles. The van der Waals surface area contributed by atoms with E-state index in [2.05, 4.69) is 12.1 Å². The van der Waals surface area contributed by atoms with Gasteiger partial charge in [0.2, 0.25) is 5.76 Å². The van der Waals surface area contributed by atoms with Gasteiger partial charge in [0.05, 0.1) is 13.0 Å². The van der Waals surface area contributed by atoms with Crippen molar-refractivity contribution in [2.45, 2.75) is 24.3 Å². The second kappa shape index (κ2) is 11.2. The van der Waals surface area contributed by atoms with Gasteiger partial charge in [0, 0.05) is 35.5 Å². The van der Waals surface area contributed by atoms with Crippen LogP contribution < -0.4 is 0 Å². The summed E-state index contributed by atoms with van der Waals surface area (Å²) in [5.41, 5.74) is 2.58. The standard InChI is InChI=1S/C26H27NO6S/c1-31-25(29)19-11-13-27(14-12-19)23(28)15-32-26(30)24-21(20-9-5-6-10-22(20)33-24)17-34-16-18-7-3-2-4-8-18/h2-10,19H,11-17H2,1H3. The Morgan fingerprint density at radius 1 is 1.00 bits per heavy atom. The van der Waals surface area contributed by atoms with Gasteiger partial charge in [-0.25, -0.2) is 4.79 Å². The van der Waals surface area contributed by atoms with Crippen LogP contribution in [0, 0.1) is 5.92 Å². The summed E-state index contributed by atoms with van der Waals surface area (Å²) < 4.78 is 16.0. The largest absolute Gasteiger partial charge is 0.469 e. The molecule has 0 saturated carbocycles. The van der Waals surface area contributed by atoms with Crippen molar-refractivity contribution in [3.8, 4) is 0 Å². The van der Waals surface area contributed by atoms with E-state index in [1.165, 1.54) is 12.7 Å². The lowest BCUT2D eigenvalue weighted by Gasteiger charge is -2.30. The number of amides is 1. The minimum atomic E-state index is -0.649. The molecule has 1 amide bonds. The monoisotopic (exact) mass is 481 g/mol. The highest BCUT2D eigenvalue weighted by Crippen LogP contribution is 2.31. The fourth-order valence-electron chi connectivity index (χ4n) is 4.07. The second-order valence-electron chi connectivity index (χ2n) is 8.14. The number of hydrogen-bond acceptors (Lipinski definition) is 7. The maximum atomic E-state index is 12.9. The van der Waals surface area contributed by atoms with Gasteiger partial charge in [-0.1, -0.05) is 48.5 Å². The van der Waals surface area contributed by atoms with E-state index in [1.807, 2.05) is 42.5 Å². The van der Waals surface area contributed by atoms with Crippen LogP contribution >= 0.6 is 11.8 Å². The van der Waals surface area contributed by atoms with Crippen molar-refractivity contribution in [2.24, 2.45) is 5.92 Å². The average molecular weight is 482 g/mol. The van der Waals surface area contributed by atoms with Gasteiger partial charge >= 0.3 is 11.9 Å². The maximum Gasteiger partial charge on any atom is 0.375 e. The van der Waals surface area contributed by atoms with Crippen molar-refractivity contribution in [3.05, 3.63) is 71.5 Å². The molecule has 3 aromatic rings. The number of nitrogens with zero attached hydrogens (tertiary/aromatic N) is 1. The number of ether oxygens (including phenoxy) is 2. The molecule has 1 aliphatic heterocycles. The van der Waals surface area contributed by atoms with Gasteiger partial charge in [-0.15, -0.1) is 0 Å². The Morgan fingerprint density at radius 3 is 2.44 bits per heavy atom. The molecule has 34 heavy (non-hydrogen) atoms. The number of furan rings is 1. The van der Waals surface area contributed by atoms with Crippen molar-refractivity contribution in [3.63, 3.8) is 0 Å². The predicted molar refractivity (Wildman–Crippen MR) is 129 cm³/mol. The summed E-state index contributed by atoms with van der Waals surface area (Å²) in [5, 5.41) is 0.867. The van der Waals surface area contributed by atoms with Crippen molar-refractivity contribution < 1.29 is 28.3 Å². The highest BCUT2D eigenvalue weighted by molar-refractivity contribution is 7.97. The molecule has 0 atom stereocenters. The lowest BCUT2D eigenvalue weighted by Crippen LogP contribution is -2.42. The van der Waals surface area contributed by atoms with Crippen LogP contribution in [0.1, 0.15) is 34.5 Å². The number of piperidine rings is 1. The Morgan fingerprint density at radius 2 is 1.71 bits per heavy atom. The van der Waals surface area contributed by atoms with E-state index in [9.17, 15) is 14.4 Å². The van der Waals surface area contributed by atoms with Crippen LogP contribution in [0.2, 0.25) is 0 Å². The zero-order valence-electron chi connectivity index (χ0n) is 19.0. The lowest BCUT2D eigenvalue weighted by molar-refractivity contribution is -0.149. The molecule has 0 aliphatic carbocycles. The van der Waals surface area contributed by atoms with Crippen LogP contribution in [-0.2, 0) is 30.6 Å². The zero-order chi connectivity index (χ0) is 23.9. The number of likely N-dealkylation sites (tertiary alicyclic amines) is 1. The van der Waals surface area contributed by atoms with Crippen molar-refractivity contribution >= 4 is 40.6 Å². The molecule has 178 valence electrons. The number of rotatable bonds is 8. The molecule has 1 aliphatic rings. The third-order valence-corrected chi connectivity index (χ3v) is 6.98. The van der Waals surface area contributed by atoms with Crippen LogP contribution in [0.15, 0.2) is 59.0 Å². The minimum Gasteiger partial charge on any atom is -0.469 e. The van der Waals surface area contributed by atoms with E-state index >= 15 is 0 Å². The number of thioether (sulfide) groups is 1. The molecule has 7 nitrogen and oxygen atoms in total. The van der Waals surface area contributed by atoms with Crippen molar-refractivity contribution in [1.29, 1.82) is 0 Å². The summed E-state index contributed by atoms with van der Waals surface area (Å²) in [4.78, 5) is 38.7. The summed E-state index contributed by atoms with van der Waals surface area (Å²) in [6.45, 7) is 0.500. The number of esters is 2. The number of methoxy groups -OCH3 is 1. The third-order valence-electron chi connectivity index (χ3n) is 5.95. The summed E-state index contributed by atoms with van der Waals surface area (Å²) in [5.74, 6) is 0.139. The van der Waals surface area contributed by atoms with Crippen LogP contribution in [0.25, 0.3) is 11.0 Å². The fourth-order valence-corrected chi connectivity index (χ4v) is 5.09. The van der Waals surface area contributed by atoms with Gasteiger partial charge in [0.15, 0.2) is 6.61 Å². The van der Waals surface area contributed by atoms with Gasteiger partial charge in [-0.2, -0.15) is 11.8 Å². The summed E-state index contributed by atoms with van der Waals surface area (Å²) in [6, 6.07) is 17.6. The van der Waals surface area contributed by atoms with Gasteiger partial charge in [0.1, 0.15) is 5.58 Å². The SMILES string of the molecule is COC(=O)C1CCN(C(=O)COC(=O)c2oc3ccccc3c2CSCc2ccccc2)CC1. The number of para-hydroxylation sites is 1. The minimum absolute atomic E-state index is 0.138. The fraction of sp³-hybridized carbons (Fsp3) is 0.346. The van der Waals surface area contributed by atoms with Gasteiger partial charge in [0.25, 0.3) is 5.91 Å². The smallest absolute Gasteiger partial charge is 0.375 e. The Bertz CT molecular complexity index is 1150. The second-order valence-corrected chi connectivity index (χ2v) is 9.12. The van der Waals surface area contributed by atoms with E-state index in [0.717, 1.165) is 16.7 Å². The predicted octanol–water partition coefficient (Wildman–Crippen LogP) is 4.43. The first-order valence-corrected chi connectivity index (χ1v) is 12.4. The first kappa shape index (κ1) is 23.9. The molecule has 2 aromatic carbocycles. The van der Waals surface area contributed by atoms with Gasteiger partial charge in [-0.05, 0) is 24.5 Å². The molecule has 0 N–H and O–H groups in total. The molecule has 1 aromatic heterocycles. The van der Waals surface area contributed by atoms with Crippen LogP contribution in [-0.4, -0.2) is 49.6 Å². The molecular weight excluding hydrogens is 454 g/mol. The Labute approximate surface area is 202 Å². The number of fused-ring (bicyclic) bond motifs is 1. The molecular formula is C26H27NO6S. The number of carbonyl (C=O) groups is 3. The normalized spacial score (nSPS) is 14.2. The Balaban J connectivity index is 1.37. The topological polar surface area (TPSA) is 86.0 Å². The number of hydrogen-bond donors (Lipinski definition) is 0. The molecule has 8 heteroatoms. The van der Waals surface area contributed by atoms with Gasteiger partial charge in [-0.3, -0.25) is 9.59 Å². The summed E-state index contributed by atoms with van der Waals surface area (Å²) in [7, 11) is 1.37. The van der Waals surface area contributed by atoms with Gasteiger partial charge < -0.3 is 18.8 Å². The Kier molecular flexibility index (Phi) is 7.90. The van der Waals surface area contributed by atoms with Crippen LogP contribution in [0.4, 0.5) is 0 Å². The number of carbonyl (C=O) groups excluding carboxylic acids is 3. The molecule has 4 rings (SSSR count). The van der Waals surface area contributed by atoms with E-state index in [4.69, 9.17) is 13.9 Å². The maximum absolute atomic E-state index is 12.9. The van der Waals surface area contributed by atoms with Crippen molar-refractivity contribution in [2.75, 3.05) is 26.8 Å². The lowest BCUT2D eigenvalue weighted by atomic mass is 9.97. The molecule has 1 saturated heterocycles. The first-order chi connectivity index (χ1) is 16.6. The van der Waals surface area contributed by atoms with E-state index in [-0.39, 0.29) is 30.2 Å². The summed E-state index contributed by atoms with van der Waals surface area (Å²) in [6.07, 6.45) is 1.08. The van der Waals surface area contributed by atoms with Crippen LogP contribution in [0.5, 0.6) is 0 Å². The average Bonchev–Trinajstić information content (AvgIpc) is 3.26. The zero-order valence-corrected chi connectivity index (χ0v) is 19.8. The highest BCUT2D eigenvalue weighted by atomic mass is 32.2. The quantitative estimate of drug-likeness (QED) is 0.440. The third kappa shape index (κ3) is 5.62. The van der Waals surface area contributed by atoms with E-state index in [0.29, 0.717) is 37.3 Å². The summed E-state index contributed by atoms with van der Waals surface area (Å²) >= 11 is 1.68. The molecule has 0 radical (unpaired) electrons. The molecule has 0 bridgehead atoms. The van der Waals surface area contributed by atoms with E-state index in [1.54, 1.807) is 16.7 Å². The van der Waals surface area contributed by atoms with E-state index < -0.39 is 5.97 Å². The highest BCUT2D eigenvalue weighted by Gasteiger charge is 2.29. The van der Waals surface area contributed by atoms with Crippen LogP contribution in [0.3, 0.4) is 0 Å². The molecule has 0 unspecified atom stereocenters. The number of benzene rings is 2. The van der Waals surface area contributed by atoms with Crippen molar-refractivity contribution in [1.82, 2.24) is 4.90 Å². The Hall–Kier alpha value is -3.26.